The zero-order valence-electron chi connectivity index (χ0n) is 25.2. The van der Waals surface area contributed by atoms with Crippen molar-refractivity contribution in [3.8, 4) is 0 Å². The van der Waals surface area contributed by atoms with Crippen LogP contribution in [0.2, 0.25) is 0 Å². The lowest BCUT2D eigenvalue weighted by atomic mass is 9.92. The molecule has 4 N–H and O–H groups in total. The summed E-state index contributed by atoms with van der Waals surface area (Å²) >= 11 is 0. The van der Waals surface area contributed by atoms with E-state index in [-0.39, 0.29) is 42.8 Å². The van der Waals surface area contributed by atoms with E-state index in [1.54, 1.807) is 25.2 Å². The summed E-state index contributed by atoms with van der Waals surface area (Å²) in [5, 5.41) is 39.1. The summed E-state index contributed by atoms with van der Waals surface area (Å²) in [4.78, 5) is 36.9. The lowest BCUT2D eigenvalue weighted by Crippen LogP contribution is -2.49. The summed E-state index contributed by atoms with van der Waals surface area (Å²) in [5.41, 5.74) is 0.697. The molecule has 0 aromatic carbocycles. The molecule has 0 bridgehead atoms. The number of amides is 1. The first-order chi connectivity index (χ1) is 19.7. The first-order valence-corrected chi connectivity index (χ1v) is 14.2. The number of ketones is 1. The molecule has 2 fully saturated rings. The van der Waals surface area contributed by atoms with Crippen LogP contribution in [0.25, 0.3) is 0 Å². The van der Waals surface area contributed by atoms with Gasteiger partial charge in [-0.1, -0.05) is 75.0 Å². The number of Topliss-reactive ketones (excluding diaryl/α,β-unsaturated/α-hetero) is 1. The van der Waals surface area contributed by atoms with E-state index in [0.29, 0.717) is 0 Å². The van der Waals surface area contributed by atoms with Gasteiger partial charge in [-0.05, 0) is 32.3 Å². The van der Waals surface area contributed by atoms with Crippen LogP contribution in [0.15, 0.2) is 71.6 Å². The van der Waals surface area contributed by atoms with Gasteiger partial charge in [-0.2, -0.15) is 0 Å². The summed E-state index contributed by atoms with van der Waals surface area (Å²) in [6.45, 7) is 9.91. The standard InChI is InChI=1S/C32H45NO9/c1-19(2)31(42-27-18-25(35)29(38)22(5)41-27)21(4)17-20(3)13-11-9-7-8-10-12-14-24(34)28-30(39)23(15-16-26(36)37)33(6)32(28)40/h7-14,17,19,21-23,25,27,29,31,34-35,38H,15-16,18H2,1-6H3,(H,36,37)/b9-7+,10-8+,13-11+,14-12+,20-17+,28-24+/t21?,22?,23?,25?,27-,29+,31?/m0/s1. The summed E-state index contributed by atoms with van der Waals surface area (Å²) in [7, 11) is 1.41. The summed E-state index contributed by atoms with van der Waals surface area (Å²) in [6, 6.07) is -0.896. The molecule has 2 saturated heterocycles. The van der Waals surface area contributed by atoms with Crippen LogP contribution < -0.4 is 0 Å². The number of allylic oxidation sites excluding steroid dienone is 9. The van der Waals surface area contributed by atoms with Gasteiger partial charge in [-0.15, -0.1) is 0 Å². The first-order valence-electron chi connectivity index (χ1n) is 14.2. The van der Waals surface area contributed by atoms with E-state index in [1.165, 1.54) is 19.2 Å². The summed E-state index contributed by atoms with van der Waals surface area (Å²) in [6.07, 6.45) is 12.6. The number of likely N-dealkylation sites (tertiary alicyclic amines) is 1. The molecule has 7 atom stereocenters. The summed E-state index contributed by atoms with van der Waals surface area (Å²) < 4.78 is 11.9. The minimum absolute atomic E-state index is 0.0136. The number of carbonyl (C=O) groups is 3. The second-order valence-electron chi connectivity index (χ2n) is 11.2. The van der Waals surface area contributed by atoms with Crippen molar-refractivity contribution in [3.63, 3.8) is 0 Å². The van der Waals surface area contributed by atoms with Crippen LogP contribution in [-0.4, -0.2) is 86.8 Å². The van der Waals surface area contributed by atoms with Crippen molar-refractivity contribution in [2.45, 2.75) is 90.6 Å². The number of hydrogen-bond donors (Lipinski definition) is 4. The van der Waals surface area contributed by atoms with Crippen molar-refractivity contribution in [2.75, 3.05) is 7.05 Å². The molecule has 1 amide bonds. The van der Waals surface area contributed by atoms with Crippen LogP contribution >= 0.6 is 0 Å². The second kappa shape index (κ2) is 16.4. The minimum Gasteiger partial charge on any atom is -0.507 e. The van der Waals surface area contributed by atoms with Gasteiger partial charge in [0, 0.05) is 25.8 Å². The van der Waals surface area contributed by atoms with Crippen LogP contribution in [0.5, 0.6) is 0 Å². The predicted octanol–water partition coefficient (Wildman–Crippen LogP) is 3.78. The molecule has 10 nitrogen and oxygen atoms in total. The number of aliphatic carboxylic acids is 1. The Hall–Kier alpha value is -3.31. The third kappa shape index (κ3) is 9.90. The van der Waals surface area contributed by atoms with Crippen LogP contribution in [0.1, 0.15) is 53.9 Å². The van der Waals surface area contributed by atoms with Gasteiger partial charge in [0.1, 0.15) is 17.4 Å². The number of carbonyl (C=O) groups excluding carboxylic acids is 2. The number of carboxylic acids is 1. The molecule has 2 aliphatic rings. The van der Waals surface area contributed by atoms with E-state index in [0.717, 1.165) is 10.5 Å². The van der Waals surface area contributed by atoms with E-state index in [2.05, 4.69) is 26.8 Å². The topological polar surface area (TPSA) is 154 Å². The molecule has 232 valence electrons. The molecule has 2 heterocycles. The molecule has 0 aromatic heterocycles. The molecular formula is C32H45NO9. The zero-order valence-corrected chi connectivity index (χ0v) is 25.2. The highest BCUT2D eigenvalue weighted by Crippen LogP contribution is 2.28. The van der Waals surface area contributed by atoms with Gasteiger partial charge < -0.3 is 34.8 Å². The maximum Gasteiger partial charge on any atom is 0.303 e. The fraction of sp³-hybridized carbons (Fsp3) is 0.531. The quantitative estimate of drug-likeness (QED) is 0.109. The average molecular weight is 588 g/mol. The molecular weight excluding hydrogens is 542 g/mol. The minimum atomic E-state index is -1.06. The van der Waals surface area contributed by atoms with Gasteiger partial charge in [0.2, 0.25) is 0 Å². The van der Waals surface area contributed by atoms with Gasteiger partial charge in [-0.3, -0.25) is 14.4 Å². The molecule has 5 unspecified atom stereocenters. The van der Waals surface area contributed by atoms with E-state index < -0.39 is 54.1 Å². The van der Waals surface area contributed by atoms with Gasteiger partial charge in [-0.25, -0.2) is 0 Å². The molecule has 42 heavy (non-hydrogen) atoms. The van der Waals surface area contributed by atoms with E-state index in [9.17, 15) is 29.7 Å². The van der Waals surface area contributed by atoms with E-state index >= 15 is 0 Å². The number of nitrogens with zero attached hydrogens (tertiary/aromatic N) is 1. The number of aliphatic hydroxyl groups excluding tert-OH is 3. The highest BCUT2D eigenvalue weighted by atomic mass is 16.7. The number of hydrogen-bond acceptors (Lipinski definition) is 8. The van der Waals surface area contributed by atoms with E-state index in [1.807, 2.05) is 25.2 Å². The Kier molecular flexibility index (Phi) is 13.6. The first kappa shape index (κ1) is 34.9. The second-order valence-corrected chi connectivity index (χ2v) is 11.2. The highest BCUT2D eigenvalue weighted by Gasteiger charge is 2.42. The summed E-state index contributed by atoms with van der Waals surface area (Å²) in [5.74, 6) is -2.47. The molecule has 0 spiro atoms. The van der Waals surface area contributed by atoms with Crippen molar-refractivity contribution in [1.82, 2.24) is 4.90 Å². The Morgan fingerprint density at radius 3 is 2.21 bits per heavy atom. The van der Waals surface area contributed by atoms with Crippen molar-refractivity contribution in [1.29, 1.82) is 0 Å². The normalized spacial score (nSPS) is 28.7. The van der Waals surface area contributed by atoms with Crippen molar-refractivity contribution >= 4 is 17.7 Å². The molecule has 0 radical (unpaired) electrons. The SMILES string of the molecule is CC(/C=C/C=C/C=C/C=C/C(O)=C1/C(=O)C(CCC(=O)O)N(C)C1=O)=C\C(C)C(O[C@H]1CC(O)[C@H](O)C(C)O1)C(C)C. The smallest absolute Gasteiger partial charge is 0.303 e. The predicted molar refractivity (Wildman–Crippen MR) is 158 cm³/mol. The third-order valence-corrected chi connectivity index (χ3v) is 7.29. The van der Waals surface area contributed by atoms with Crippen LogP contribution in [-0.2, 0) is 23.9 Å². The van der Waals surface area contributed by atoms with Crippen molar-refractivity contribution in [2.24, 2.45) is 11.8 Å². The van der Waals surface area contributed by atoms with Gasteiger partial charge in [0.05, 0.1) is 24.4 Å². The monoisotopic (exact) mass is 587 g/mol. The molecule has 2 aliphatic heterocycles. The number of ether oxygens (including phenoxy) is 2. The molecule has 0 aliphatic carbocycles. The molecule has 0 saturated carbocycles. The average Bonchev–Trinajstić information content (AvgIpc) is 3.12. The van der Waals surface area contributed by atoms with Gasteiger partial charge >= 0.3 is 5.97 Å². The lowest BCUT2D eigenvalue weighted by Gasteiger charge is -2.38. The van der Waals surface area contributed by atoms with Crippen LogP contribution in [0.4, 0.5) is 0 Å². The largest absolute Gasteiger partial charge is 0.507 e. The van der Waals surface area contributed by atoms with Crippen LogP contribution in [0.3, 0.4) is 0 Å². The fourth-order valence-electron chi connectivity index (χ4n) is 5.02. The number of rotatable bonds is 13. The third-order valence-electron chi connectivity index (χ3n) is 7.29. The molecule has 10 heteroatoms. The highest BCUT2D eigenvalue weighted by molar-refractivity contribution is 6.27. The Balaban J connectivity index is 1.92. The van der Waals surface area contributed by atoms with Crippen molar-refractivity contribution < 1.29 is 44.3 Å². The Bertz CT molecular complexity index is 1130. The molecule has 0 aromatic rings. The maximum atomic E-state index is 12.5. The number of carboxylic acid groups (broad SMARTS) is 1. The fourth-order valence-corrected chi connectivity index (χ4v) is 5.02. The van der Waals surface area contributed by atoms with E-state index in [4.69, 9.17) is 14.6 Å². The zero-order chi connectivity index (χ0) is 31.6. The Morgan fingerprint density at radius 2 is 1.64 bits per heavy atom. The number of aliphatic hydroxyl groups is 3. The maximum absolute atomic E-state index is 12.5. The van der Waals surface area contributed by atoms with Gasteiger partial charge in [0.25, 0.3) is 5.91 Å². The Morgan fingerprint density at radius 1 is 1.05 bits per heavy atom. The number of likely N-dealkylation sites (N-methyl/N-ethyl adjacent to an activating group) is 1. The van der Waals surface area contributed by atoms with Gasteiger partial charge in [0.15, 0.2) is 12.1 Å². The van der Waals surface area contributed by atoms with Crippen molar-refractivity contribution in [3.05, 3.63) is 71.6 Å². The van der Waals surface area contributed by atoms with Crippen LogP contribution in [0, 0.1) is 11.8 Å². The molecule has 2 rings (SSSR count). The Labute approximate surface area is 248 Å². The lowest BCUT2D eigenvalue weighted by molar-refractivity contribution is -0.267.